The van der Waals surface area contributed by atoms with Crippen LogP contribution in [0.5, 0.6) is 11.5 Å². The number of hydrogen-bond donors (Lipinski definition) is 0. The Morgan fingerprint density at radius 1 is 0.833 bits per heavy atom. The van der Waals surface area contributed by atoms with E-state index in [0.717, 1.165) is 0 Å². The highest BCUT2D eigenvalue weighted by Crippen LogP contribution is 2.30. The van der Waals surface area contributed by atoms with Crippen molar-refractivity contribution in [1.29, 1.82) is 0 Å². The van der Waals surface area contributed by atoms with Crippen molar-refractivity contribution >= 4 is 0 Å². The fraction of sp³-hybridized carbons (Fsp3) is 0.667. The molecule has 0 N–H and O–H groups in total. The lowest BCUT2D eigenvalue weighted by molar-refractivity contribution is -0.142. The lowest BCUT2D eigenvalue weighted by Crippen LogP contribution is -2.26. The van der Waals surface area contributed by atoms with Crippen molar-refractivity contribution in [2.45, 2.75) is 51.5 Å². The van der Waals surface area contributed by atoms with Crippen molar-refractivity contribution in [3.8, 4) is 11.5 Å². The minimum absolute atomic E-state index is 0.0829. The molecule has 0 aliphatic carbocycles. The number of para-hydroxylation sites is 2. The zero-order valence-electron chi connectivity index (χ0n) is 14.7. The molecule has 6 heteroatoms. The summed E-state index contributed by atoms with van der Waals surface area (Å²) in [7, 11) is 0. The van der Waals surface area contributed by atoms with Crippen molar-refractivity contribution in [1.82, 2.24) is 0 Å². The molecule has 0 bridgehead atoms. The minimum Gasteiger partial charge on any atom is -0.487 e. The van der Waals surface area contributed by atoms with Crippen LogP contribution in [0.4, 0.5) is 0 Å². The van der Waals surface area contributed by atoms with E-state index < -0.39 is 11.6 Å². The smallest absolute Gasteiger partial charge is 0.163 e. The van der Waals surface area contributed by atoms with E-state index in [9.17, 15) is 0 Å². The van der Waals surface area contributed by atoms with Crippen molar-refractivity contribution in [3.05, 3.63) is 24.3 Å². The summed E-state index contributed by atoms with van der Waals surface area (Å²) < 4.78 is 34.3. The van der Waals surface area contributed by atoms with E-state index in [4.69, 9.17) is 28.4 Å². The first-order valence-corrected chi connectivity index (χ1v) is 8.31. The van der Waals surface area contributed by atoms with Gasteiger partial charge in [0.1, 0.15) is 25.4 Å². The molecule has 2 aliphatic heterocycles. The van der Waals surface area contributed by atoms with Crippen molar-refractivity contribution in [2.75, 3.05) is 26.4 Å². The molecule has 0 amide bonds. The summed E-state index contributed by atoms with van der Waals surface area (Å²) in [5.41, 5.74) is 0. The number of ether oxygens (including phenoxy) is 6. The molecule has 0 radical (unpaired) electrons. The third-order valence-electron chi connectivity index (χ3n) is 3.83. The van der Waals surface area contributed by atoms with E-state index in [1.165, 1.54) is 0 Å². The molecule has 1 aromatic rings. The van der Waals surface area contributed by atoms with Crippen molar-refractivity contribution in [3.63, 3.8) is 0 Å². The second-order valence-electron chi connectivity index (χ2n) is 6.97. The maximum atomic E-state index is 5.87. The first-order chi connectivity index (χ1) is 11.3. The van der Waals surface area contributed by atoms with Gasteiger partial charge in [0.05, 0.1) is 13.2 Å². The number of rotatable bonds is 6. The Bertz CT molecular complexity index is 507. The Morgan fingerprint density at radius 2 is 1.25 bits per heavy atom. The predicted molar refractivity (Wildman–Crippen MR) is 87.2 cm³/mol. The first-order valence-electron chi connectivity index (χ1n) is 8.31. The van der Waals surface area contributed by atoms with E-state index >= 15 is 0 Å². The number of hydrogen-bond acceptors (Lipinski definition) is 6. The van der Waals surface area contributed by atoms with Crippen LogP contribution in [0, 0.1) is 0 Å². The molecular formula is C18H26O6. The normalized spacial score (nSPS) is 28.0. The van der Waals surface area contributed by atoms with Gasteiger partial charge in [0.25, 0.3) is 0 Å². The Morgan fingerprint density at radius 3 is 1.58 bits per heavy atom. The van der Waals surface area contributed by atoms with Gasteiger partial charge in [-0.2, -0.15) is 0 Å². The molecule has 134 valence electrons. The Hall–Kier alpha value is -1.34. The molecule has 0 aromatic heterocycles. The average molecular weight is 338 g/mol. The van der Waals surface area contributed by atoms with Crippen LogP contribution >= 0.6 is 0 Å². The summed E-state index contributed by atoms with van der Waals surface area (Å²) in [6.45, 7) is 9.48. The maximum absolute atomic E-state index is 5.87. The molecule has 0 unspecified atom stereocenters. The second-order valence-corrected chi connectivity index (χ2v) is 6.97. The Kier molecular flexibility index (Phi) is 5.01. The van der Waals surface area contributed by atoms with Gasteiger partial charge in [-0.25, -0.2) is 0 Å². The summed E-state index contributed by atoms with van der Waals surface area (Å²) in [5, 5.41) is 0. The van der Waals surface area contributed by atoms with E-state index in [1.807, 2.05) is 52.0 Å². The van der Waals surface area contributed by atoms with Gasteiger partial charge in [0.15, 0.2) is 23.1 Å². The zero-order valence-corrected chi connectivity index (χ0v) is 14.7. The van der Waals surface area contributed by atoms with Gasteiger partial charge < -0.3 is 28.4 Å². The summed E-state index contributed by atoms with van der Waals surface area (Å²) in [6.07, 6.45) is -0.166. The van der Waals surface area contributed by atoms with Gasteiger partial charge in [-0.15, -0.1) is 0 Å². The molecule has 6 nitrogen and oxygen atoms in total. The lowest BCUT2D eigenvalue weighted by Gasteiger charge is -2.19. The van der Waals surface area contributed by atoms with Crippen LogP contribution < -0.4 is 9.47 Å². The van der Waals surface area contributed by atoms with Gasteiger partial charge in [-0.3, -0.25) is 0 Å². The molecule has 2 heterocycles. The Labute approximate surface area is 142 Å². The minimum atomic E-state index is -0.545. The van der Waals surface area contributed by atoms with E-state index in [0.29, 0.717) is 37.9 Å². The third-order valence-corrected chi connectivity index (χ3v) is 3.83. The highest BCUT2D eigenvalue weighted by atomic mass is 16.8. The molecule has 0 spiro atoms. The maximum Gasteiger partial charge on any atom is 0.163 e. The molecular weight excluding hydrogens is 312 g/mol. The van der Waals surface area contributed by atoms with Gasteiger partial charge in [-0.1, -0.05) is 12.1 Å². The Balaban J connectivity index is 1.52. The van der Waals surface area contributed by atoms with E-state index in [2.05, 4.69) is 0 Å². The summed E-state index contributed by atoms with van der Waals surface area (Å²) in [5.74, 6) is 0.279. The average Bonchev–Trinajstić information content (AvgIpc) is 3.05. The van der Waals surface area contributed by atoms with Gasteiger partial charge >= 0.3 is 0 Å². The molecule has 2 aliphatic rings. The topological polar surface area (TPSA) is 55.4 Å². The van der Waals surface area contributed by atoms with Crippen molar-refractivity contribution < 1.29 is 28.4 Å². The fourth-order valence-corrected chi connectivity index (χ4v) is 2.74. The first kappa shape index (κ1) is 17.5. The van der Waals surface area contributed by atoms with Crippen LogP contribution in [0.2, 0.25) is 0 Å². The second kappa shape index (κ2) is 6.88. The zero-order chi connectivity index (χ0) is 17.2. The van der Waals surface area contributed by atoms with E-state index in [-0.39, 0.29) is 12.2 Å². The monoisotopic (exact) mass is 338 g/mol. The summed E-state index contributed by atoms with van der Waals surface area (Å²) in [4.78, 5) is 0. The van der Waals surface area contributed by atoms with Crippen LogP contribution in [0.25, 0.3) is 0 Å². The highest BCUT2D eigenvalue weighted by Gasteiger charge is 2.34. The summed E-state index contributed by atoms with van der Waals surface area (Å²) in [6, 6.07) is 7.59. The van der Waals surface area contributed by atoms with Gasteiger partial charge in [0.2, 0.25) is 0 Å². The molecule has 0 saturated carbocycles. The van der Waals surface area contributed by atoms with Crippen LogP contribution in [-0.2, 0) is 18.9 Å². The standard InChI is InChI=1S/C18H26O6/c1-17(2)21-11-13(23-17)9-19-15-7-5-6-8-16(15)20-10-14-12-22-18(3,4)24-14/h5-8,13-14H,9-12H2,1-4H3/t13-,14-/m1/s1. The van der Waals surface area contributed by atoms with Crippen molar-refractivity contribution in [2.24, 2.45) is 0 Å². The molecule has 24 heavy (non-hydrogen) atoms. The van der Waals surface area contributed by atoms with Gasteiger partial charge in [-0.05, 0) is 39.8 Å². The van der Waals surface area contributed by atoms with Crippen LogP contribution in [0.1, 0.15) is 27.7 Å². The quantitative estimate of drug-likeness (QED) is 0.795. The SMILES string of the molecule is CC1(C)OC[C@@H](COc2ccccc2OC[C@@H]2COC(C)(C)O2)O1. The largest absolute Gasteiger partial charge is 0.487 e. The number of benzene rings is 1. The third kappa shape index (κ3) is 4.60. The summed E-state index contributed by atoms with van der Waals surface area (Å²) >= 11 is 0. The van der Waals surface area contributed by atoms with Crippen LogP contribution in [0.3, 0.4) is 0 Å². The van der Waals surface area contributed by atoms with Crippen LogP contribution in [-0.4, -0.2) is 50.2 Å². The molecule has 2 fully saturated rings. The molecule has 3 rings (SSSR count). The van der Waals surface area contributed by atoms with Gasteiger partial charge in [0, 0.05) is 0 Å². The molecule has 2 saturated heterocycles. The highest BCUT2D eigenvalue weighted by molar-refractivity contribution is 5.39. The fourth-order valence-electron chi connectivity index (χ4n) is 2.74. The van der Waals surface area contributed by atoms with Crippen LogP contribution in [0.15, 0.2) is 24.3 Å². The van der Waals surface area contributed by atoms with E-state index in [1.54, 1.807) is 0 Å². The lowest BCUT2D eigenvalue weighted by atomic mass is 10.3. The molecule has 2 atom stereocenters. The molecule has 1 aromatic carbocycles. The predicted octanol–water partition coefficient (Wildman–Crippen LogP) is 2.75.